The molecule has 0 aromatic carbocycles. The van der Waals surface area contributed by atoms with Crippen molar-refractivity contribution in [3.05, 3.63) is 20.8 Å². The molecule has 1 rings (SSSR count). The van der Waals surface area contributed by atoms with Gasteiger partial charge in [0.1, 0.15) is 6.29 Å². The second-order valence-corrected chi connectivity index (χ2v) is 4.36. The Labute approximate surface area is 78.6 Å². The molecule has 1 aromatic heterocycles. The molecule has 0 fully saturated rings. The normalized spacial score (nSPS) is 12.9. The van der Waals surface area contributed by atoms with Crippen LogP contribution < -0.4 is 0 Å². The monoisotopic (exact) mass is 232 g/mol. The first-order valence-electron chi connectivity index (χ1n) is 3.41. The molecule has 1 nitrogen and oxygen atoms in total. The molecule has 0 saturated heterocycles. The lowest BCUT2D eigenvalue weighted by Crippen LogP contribution is -1.98. The van der Waals surface area contributed by atoms with Gasteiger partial charge < -0.3 is 4.79 Å². The predicted molar refractivity (Wildman–Crippen MR) is 51.0 cm³/mol. The molecule has 0 radical (unpaired) electrons. The molecule has 0 bridgehead atoms. The van der Waals surface area contributed by atoms with Gasteiger partial charge in [0.05, 0.1) is 0 Å². The SMILES string of the molecule is CC(C=O)Cc1sccc1Br. The minimum atomic E-state index is 0.130. The average molecular weight is 233 g/mol. The van der Waals surface area contributed by atoms with Crippen LogP contribution in [0, 0.1) is 5.92 Å². The van der Waals surface area contributed by atoms with Gasteiger partial charge in [-0.2, -0.15) is 0 Å². The number of aldehydes is 1. The quantitative estimate of drug-likeness (QED) is 0.733. The highest BCUT2D eigenvalue weighted by molar-refractivity contribution is 9.10. The first-order chi connectivity index (χ1) is 5.24. The zero-order valence-corrected chi connectivity index (χ0v) is 8.61. The third-order valence-corrected chi connectivity index (χ3v) is 3.38. The van der Waals surface area contributed by atoms with E-state index in [-0.39, 0.29) is 5.92 Å². The highest BCUT2D eigenvalue weighted by atomic mass is 79.9. The van der Waals surface area contributed by atoms with Crippen LogP contribution in [0.1, 0.15) is 11.8 Å². The molecule has 0 N–H and O–H groups in total. The van der Waals surface area contributed by atoms with Crippen LogP contribution in [0.5, 0.6) is 0 Å². The molecule has 0 aliphatic rings. The molecule has 0 aliphatic heterocycles. The highest BCUT2D eigenvalue weighted by Crippen LogP contribution is 2.24. The fourth-order valence-corrected chi connectivity index (χ4v) is 2.47. The molecule has 1 aromatic rings. The topological polar surface area (TPSA) is 17.1 Å². The summed E-state index contributed by atoms with van der Waals surface area (Å²) in [5.41, 5.74) is 0. The number of thiophene rings is 1. The Hall–Kier alpha value is -0.150. The standard InChI is InChI=1S/C8H9BrOS/c1-6(5-10)4-8-7(9)2-3-11-8/h2-3,5-6H,4H2,1H3. The van der Waals surface area contributed by atoms with Gasteiger partial charge in [0.15, 0.2) is 0 Å². The van der Waals surface area contributed by atoms with E-state index in [1.165, 1.54) is 4.88 Å². The number of rotatable bonds is 3. The third-order valence-electron chi connectivity index (χ3n) is 1.43. The van der Waals surface area contributed by atoms with Crippen LogP contribution in [0.2, 0.25) is 0 Å². The minimum Gasteiger partial charge on any atom is -0.303 e. The number of hydrogen-bond donors (Lipinski definition) is 0. The van der Waals surface area contributed by atoms with Gasteiger partial charge in [0.2, 0.25) is 0 Å². The van der Waals surface area contributed by atoms with Crippen molar-refractivity contribution in [2.75, 3.05) is 0 Å². The van der Waals surface area contributed by atoms with E-state index < -0.39 is 0 Å². The van der Waals surface area contributed by atoms with Crippen LogP contribution in [0.15, 0.2) is 15.9 Å². The maximum absolute atomic E-state index is 10.3. The Bertz CT molecular complexity index is 244. The molecule has 3 heteroatoms. The smallest absolute Gasteiger partial charge is 0.123 e. The van der Waals surface area contributed by atoms with Gasteiger partial charge >= 0.3 is 0 Å². The Morgan fingerprint density at radius 1 is 1.82 bits per heavy atom. The average Bonchev–Trinajstić information content (AvgIpc) is 2.37. The van der Waals surface area contributed by atoms with E-state index in [1.807, 2.05) is 18.4 Å². The van der Waals surface area contributed by atoms with Crippen LogP contribution in [0.3, 0.4) is 0 Å². The summed E-state index contributed by atoms with van der Waals surface area (Å²) in [6.07, 6.45) is 1.84. The number of carbonyl (C=O) groups is 1. The van der Waals surface area contributed by atoms with Crippen molar-refractivity contribution >= 4 is 33.6 Å². The van der Waals surface area contributed by atoms with Crippen LogP contribution in [0.25, 0.3) is 0 Å². The van der Waals surface area contributed by atoms with Crippen molar-refractivity contribution in [1.82, 2.24) is 0 Å². The Morgan fingerprint density at radius 2 is 2.55 bits per heavy atom. The molecule has 1 atom stereocenters. The minimum absolute atomic E-state index is 0.130. The summed E-state index contributed by atoms with van der Waals surface area (Å²) in [4.78, 5) is 11.6. The maximum atomic E-state index is 10.3. The molecule has 0 amide bonds. The highest BCUT2D eigenvalue weighted by Gasteiger charge is 2.05. The van der Waals surface area contributed by atoms with Gasteiger partial charge in [-0.3, -0.25) is 0 Å². The lowest BCUT2D eigenvalue weighted by atomic mass is 10.1. The van der Waals surface area contributed by atoms with Gasteiger partial charge in [-0.05, 0) is 33.8 Å². The van der Waals surface area contributed by atoms with Gasteiger partial charge in [0.25, 0.3) is 0 Å². The Kier molecular flexibility index (Phi) is 3.27. The second-order valence-electron chi connectivity index (χ2n) is 2.51. The number of hydrogen-bond acceptors (Lipinski definition) is 2. The van der Waals surface area contributed by atoms with Crippen molar-refractivity contribution in [2.24, 2.45) is 5.92 Å². The van der Waals surface area contributed by atoms with E-state index in [4.69, 9.17) is 0 Å². The van der Waals surface area contributed by atoms with Crippen molar-refractivity contribution in [1.29, 1.82) is 0 Å². The summed E-state index contributed by atoms with van der Waals surface area (Å²) < 4.78 is 1.12. The molecule has 60 valence electrons. The van der Waals surface area contributed by atoms with Crippen molar-refractivity contribution < 1.29 is 4.79 Å². The van der Waals surface area contributed by atoms with Gasteiger partial charge in [-0.15, -0.1) is 11.3 Å². The van der Waals surface area contributed by atoms with E-state index in [0.717, 1.165) is 17.2 Å². The summed E-state index contributed by atoms with van der Waals surface area (Å²) >= 11 is 5.11. The predicted octanol–water partition coefficient (Wildman–Crippen LogP) is 2.89. The zero-order valence-electron chi connectivity index (χ0n) is 6.21. The van der Waals surface area contributed by atoms with Crippen molar-refractivity contribution in [3.63, 3.8) is 0 Å². The van der Waals surface area contributed by atoms with E-state index in [9.17, 15) is 4.79 Å². The van der Waals surface area contributed by atoms with E-state index in [0.29, 0.717) is 0 Å². The molecule has 11 heavy (non-hydrogen) atoms. The van der Waals surface area contributed by atoms with Crippen LogP contribution >= 0.6 is 27.3 Å². The van der Waals surface area contributed by atoms with E-state index in [1.54, 1.807) is 11.3 Å². The Balaban J connectivity index is 2.63. The fraction of sp³-hybridized carbons (Fsp3) is 0.375. The summed E-state index contributed by atoms with van der Waals surface area (Å²) in [5, 5.41) is 2.02. The summed E-state index contributed by atoms with van der Waals surface area (Å²) in [7, 11) is 0. The lowest BCUT2D eigenvalue weighted by molar-refractivity contribution is -0.110. The first kappa shape index (κ1) is 8.94. The van der Waals surface area contributed by atoms with Crippen molar-refractivity contribution in [2.45, 2.75) is 13.3 Å². The first-order valence-corrected chi connectivity index (χ1v) is 5.08. The van der Waals surface area contributed by atoms with Gasteiger partial charge in [-0.1, -0.05) is 6.92 Å². The number of carbonyl (C=O) groups excluding carboxylic acids is 1. The summed E-state index contributed by atoms with van der Waals surface area (Å²) in [6.45, 7) is 1.93. The second kappa shape index (κ2) is 4.02. The molecular formula is C8H9BrOS. The van der Waals surface area contributed by atoms with Gasteiger partial charge in [0, 0.05) is 15.3 Å². The van der Waals surface area contributed by atoms with Crippen LogP contribution in [-0.2, 0) is 11.2 Å². The summed E-state index contributed by atoms with van der Waals surface area (Å²) in [6, 6.07) is 2.01. The molecule has 0 aliphatic carbocycles. The van der Waals surface area contributed by atoms with Crippen LogP contribution in [0.4, 0.5) is 0 Å². The molecule has 1 unspecified atom stereocenters. The van der Waals surface area contributed by atoms with Gasteiger partial charge in [-0.25, -0.2) is 0 Å². The fourth-order valence-electron chi connectivity index (χ4n) is 0.811. The summed E-state index contributed by atoms with van der Waals surface area (Å²) in [5.74, 6) is 0.130. The third kappa shape index (κ3) is 2.42. The van der Waals surface area contributed by atoms with E-state index >= 15 is 0 Å². The molecule has 1 heterocycles. The van der Waals surface area contributed by atoms with Crippen LogP contribution in [-0.4, -0.2) is 6.29 Å². The largest absolute Gasteiger partial charge is 0.303 e. The van der Waals surface area contributed by atoms with E-state index in [2.05, 4.69) is 15.9 Å². The Morgan fingerprint density at radius 3 is 3.00 bits per heavy atom. The molecule has 0 spiro atoms. The number of halogens is 1. The lowest BCUT2D eigenvalue weighted by Gasteiger charge is -1.99. The molecule has 0 saturated carbocycles. The van der Waals surface area contributed by atoms with Crippen molar-refractivity contribution in [3.8, 4) is 0 Å². The maximum Gasteiger partial charge on any atom is 0.123 e. The zero-order chi connectivity index (χ0) is 8.27. The molecular weight excluding hydrogens is 224 g/mol.